The van der Waals surface area contributed by atoms with Crippen molar-refractivity contribution in [3.8, 4) is 0 Å². The van der Waals surface area contributed by atoms with Crippen molar-refractivity contribution in [2.75, 3.05) is 27.2 Å². The quantitative estimate of drug-likeness (QED) is 0.380. The number of aryl methyl sites for hydroxylation is 1. The normalized spacial score (nSPS) is 15.1. The summed E-state index contributed by atoms with van der Waals surface area (Å²) in [7, 11) is 3.53. The summed E-state index contributed by atoms with van der Waals surface area (Å²) in [5.74, 6) is 1.48. The molecule has 1 aliphatic carbocycles. The minimum absolute atomic E-state index is 0. The Morgan fingerprint density at radius 2 is 1.77 bits per heavy atom. The maximum atomic E-state index is 11.8. The van der Waals surface area contributed by atoms with Gasteiger partial charge in [0.1, 0.15) is 0 Å². The zero-order chi connectivity index (χ0) is 18.1. The van der Waals surface area contributed by atoms with E-state index in [1.54, 1.807) is 19.0 Å². The molecule has 5 nitrogen and oxygen atoms in total. The van der Waals surface area contributed by atoms with Gasteiger partial charge in [-0.15, -0.1) is 24.0 Å². The largest absolute Gasteiger partial charge is 0.356 e. The van der Waals surface area contributed by atoms with Crippen LogP contribution in [0.4, 0.5) is 0 Å². The van der Waals surface area contributed by atoms with Gasteiger partial charge in [0.25, 0.3) is 0 Å². The Labute approximate surface area is 175 Å². The molecule has 146 valence electrons. The summed E-state index contributed by atoms with van der Waals surface area (Å²) < 4.78 is 0. The van der Waals surface area contributed by atoms with E-state index in [1.165, 1.54) is 43.2 Å². The topological polar surface area (TPSA) is 56.7 Å². The lowest BCUT2D eigenvalue weighted by Gasteiger charge is -2.23. The van der Waals surface area contributed by atoms with E-state index in [0.717, 1.165) is 12.5 Å². The van der Waals surface area contributed by atoms with Crippen LogP contribution in [0.5, 0.6) is 0 Å². The first kappa shape index (κ1) is 22.7. The van der Waals surface area contributed by atoms with Crippen molar-refractivity contribution in [3.05, 3.63) is 35.4 Å². The second-order valence-corrected chi connectivity index (χ2v) is 7.18. The van der Waals surface area contributed by atoms with Gasteiger partial charge in [-0.2, -0.15) is 0 Å². The molecule has 2 N–H and O–H groups in total. The smallest absolute Gasteiger partial charge is 0.241 e. The van der Waals surface area contributed by atoms with Gasteiger partial charge in [0.15, 0.2) is 5.96 Å². The van der Waals surface area contributed by atoms with Crippen molar-refractivity contribution in [3.63, 3.8) is 0 Å². The molecule has 0 unspecified atom stereocenters. The zero-order valence-corrected chi connectivity index (χ0v) is 18.6. The average molecular weight is 472 g/mol. The van der Waals surface area contributed by atoms with E-state index >= 15 is 0 Å². The van der Waals surface area contributed by atoms with Crippen molar-refractivity contribution in [2.24, 2.45) is 10.9 Å². The summed E-state index contributed by atoms with van der Waals surface area (Å²) in [4.78, 5) is 18.1. The third-order valence-electron chi connectivity index (χ3n) is 4.73. The molecule has 0 saturated heterocycles. The van der Waals surface area contributed by atoms with Gasteiger partial charge < -0.3 is 15.5 Å². The number of hydrogen-bond donors (Lipinski definition) is 2. The second-order valence-electron chi connectivity index (χ2n) is 7.18. The lowest BCUT2D eigenvalue weighted by atomic mass is 9.89. The average Bonchev–Trinajstić information content (AvgIpc) is 2.63. The molecule has 0 aliphatic heterocycles. The highest BCUT2D eigenvalue weighted by Gasteiger charge is 2.14. The molecular weight excluding hydrogens is 439 g/mol. The maximum absolute atomic E-state index is 11.8. The van der Waals surface area contributed by atoms with E-state index in [0.29, 0.717) is 12.5 Å². The Balaban J connectivity index is 0.00000338. The number of nitrogens with one attached hydrogen (secondary N) is 2. The molecule has 1 amide bonds. The number of hydrogen-bond acceptors (Lipinski definition) is 2. The molecule has 1 saturated carbocycles. The van der Waals surface area contributed by atoms with E-state index in [2.05, 4.69) is 46.8 Å². The first-order valence-electron chi connectivity index (χ1n) is 9.32. The number of aliphatic imine (C=N–C) groups is 1. The van der Waals surface area contributed by atoms with Crippen molar-refractivity contribution in [2.45, 2.75) is 45.6 Å². The summed E-state index contributed by atoms with van der Waals surface area (Å²) >= 11 is 0. The molecule has 1 fully saturated rings. The van der Waals surface area contributed by atoms with Crippen molar-refractivity contribution in [1.29, 1.82) is 0 Å². The Kier molecular flexibility index (Phi) is 10.6. The molecule has 1 aliphatic rings. The summed E-state index contributed by atoms with van der Waals surface area (Å²) in [5.41, 5.74) is 2.42. The van der Waals surface area contributed by atoms with E-state index in [-0.39, 0.29) is 36.4 Å². The molecule has 1 aromatic rings. The number of likely N-dealkylation sites (N-methyl/N-ethyl adjacent to an activating group) is 1. The maximum Gasteiger partial charge on any atom is 0.241 e. The van der Waals surface area contributed by atoms with Crippen LogP contribution in [0, 0.1) is 12.8 Å². The van der Waals surface area contributed by atoms with Crippen LogP contribution in [0.15, 0.2) is 29.3 Å². The van der Waals surface area contributed by atoms with E-state index in [9.17, 15) is 4.79 Å². The van der Waals surface area contributed by atoms with Crippen LogP contribution in [0.3, 0.4) is 0 Å². The Hall–Kier alpha value is -1.31. The van der Waals surface area contributed by atoms with Crippen LogP contribution >= 0.6 is 24.0 Å². The molecule has 0 bridgehead atoms. The molecule has 0 spiro atoms. The fraction of sp³-hybridized carbons (Fsp3) is 0.600. The molecule has 6 heteroatoms. The monoisotopic (exact) mass is 472 g/mol. The molecular formula is C20H33IN4O. The van der Waals surface area contributed by atoms with Gasteiger partial charge in [-0.25, -0.2) is 4.99 Å². The van der Waals surface area contributed by atoms with E-state index < -0.39 is 0 Å². The van der Waals surface area contributed by atoms with E-state index in [1.807, 2.05) is 0 Å². The van der Waals surface area contributed by atoms with Crippen LogP contribution in [0.2, 0.25) is 0 Å². The van der Waals surface area contributed by atoms with Crippen molar-refractivity contribution >= 4 is 35.8 Å². The zero-order valence-electron chi connectivity index (χ0n) is 16.3. The molecule has 26 heavy (non-hydrogen) atoms. The lowest BCUT2D eigenvalue weighted by Crippen LogP contribution is -2.44. The summed E-state index contributed by atoms with van der Waals surface area (Å²) in [5, 5.41) is 6.60. The highest BCUT2D eigenvalue weighted by molar-refractivity contribution is 14.0. The molecule has 1 aromatic carbocycles. The van der Waals surface area contributed by atoms with E-state index in [4.69, 9.17) is 0 Å². The summed E-state index contributed by atoms with van der Waals surface area (Å²) in [6.45, 7) is 3.88. The summed E-state index contributed by atoms with van der Waals surface area (Å²) in [6.07, 6.45) is 6.59. The second kappa shape index (κ2) is 12.1. The Bertz CT molecular complexity index is 566. The van der Waals surface area contributed by atoms with Gasteiger partial charge in [-0.05, 0) is 31.2 Å². The van der Waals surface area contributed by atoms with Crippen LogP contribution < -0.4 is 10.6 Å². The molecule has 0 heterocycles. The van der Waals surface area contributed by atoms with Crippen LogP contribution in [-0.4, -0.2) is 44.0 Å². The number of carbonyl (C=O) groups excluding carboxylic acids is 1. The minimum Gasteiger partial charge on any atom is -0.356 e. The molecule has 0 atom stereocenters. The number of guanidine groups is 1. The van der Waals surface area contributed by atoms with Crippen LogP contribution in [0.1, 0.15) is 43.2 Å². The highest BCUT2D eigenvalue weighted by atomic mass is 127. The number of carbonyl (C=O) groups is 1. The van der Waals surface area contributed by atoms with Gasteiger partial charge >= 0.3 is 0 Å². The number of benzene rings is 1. The van der Waals surface area contributed by atoms with Crippen molar-refractivity contribution in [1.82, 2.24) is 15.5 Å². The predicted octanol–water partition coefficient (Wildman–Crippen LogP) is 3.32. The fourth-order valence-corrected chi connectivity index (χ4v) is 2.99. The molecule has 0 radical (unpaired) electrons. The first-order chi connectivity index (χ1) is 12.0. The molecule has 2 rings (SSSR count). The SMILES string of the molecule is Cc1ccc(CN=C(NCC(=O)N(C)C)NCC2CCCCC2)cc1.I. The number of halogens is 1. The van der Waals surface area contributed by atoms with Crippen LogP contribution in [-0.2, 0) is 11.3 Å². The van der Waals surface area contributed by atoms with Gasteiger partial charge in [0.2, 0.25) is 5.91 Å². The number of rotatable bonds is 6. The minimum atomic E-state index is 0. The predicted molar refractivity (Wildman–Crippen MR) is 119 cm³/mol. The number of amides is 1. The van der Waals surface area contributed by atoms with Gasteiger partial charge in [0, 0.05) is 20.6 Å². The van der Waals surface area contributed by atoms with Gasteiger partial charge in [-0.1, -0.05) is 49.1 Å². The third-order valence-corrected chi connectivity index (χ3v) is 4.73. The molecule has 0 aromatic heterocycles. The van der Waals surface area contributed by atoms with Crippen molar-refractivity contribution < 1.29 is 4.79 Å². The third kappa shape index (κ3) is 8.38. The Morgan fingerprint density at radius 1 is 1.12 bits per heavy atom. The Morgan fingerprint density at radius 3 is 2.38 bits per heavy atom. The number of nitrogens with zero attached hydrogens (tertiary/aromatic N) is 2. The summed E-state index contributed by atoms with van der Waals surface area (Å²) in [6, 6.07) is 8.40. The van der Waals surface area contributed by atoms with Crippen LogP contribution in [0.25, 0.3) is 0 Å². The lowest BCUT2D eigenvalue weighted by molar-refractivity contribution is -0.127. The van der Waals surface area contributed by atoms with Gasteiger partial charge in [0.05, 0.1) is 13.1 Å². The van der Waals surface area contributed by atoms with Gasteiger partial charge in [-0.3, -0.25) is 4.79 Å². The fourth-order valence-electron chi connectivity index (χ4n) is 2.99. The first-order valence-corrected chi connectivity index (χ1v) is 9.32. The highest BCUT2D eigenvalue weighted by Crippen LogP contribution is 2.22. The standard InChI is InChI=1S/C20H32N4O.HI/c1-16-9-11-18(12-10-16)14-22-20(23-15-19(25)24(2)3)21-13-17-7-5-4-6-8-17;/h9-12,17H,4-8,13-15H2,1-3H3,(H2,21,22,23);1H.